The van der Waals surface area contributed by atoms with E-state index in [0.29, 0.717) is 30.7 Å². The maximum Gasteiger partial charge on any atom is 0.336 e. The first-order valence-electron chi connectivity index (χ1n) is 10.2. The average Bonchev–Trinajstić information content (AvgIpc) is 2.90. The zero-order valence-corrected chi connectivity index (χ0v) is 18.4. The Labute approximate surface area is 182 Å². The molecule has 0 heterocycles. The summed E-state index contributed by atoms with van der Waals surface area (Å²) in [6.07, 6.45) is 1.93. The number of nitrogens with one attached hydrogen (secondary N) is 1. The van der Waals surface area contributed by atoms with Crippen LogP contribution < -0.4 is 4.72 Å². The van der Waals surface area contributed by atoms with Crippen LogP contribution in [0.25, 0.3) is 11.1 Å². The maximum absolute atomic E-state index is 13.0. The highest BCUT2D eigenvalue weighted by molar-refractivity contribution is 7.89. The molecule has 0 atom stereocenters. The summed E-state index contributed by atoms with van der Waals surface area (Å²) in [5, 5.41) is 9.58. The second-order valence-corrected chi connectivity index (χ2v) is 9.61. The maximum atomic E-state index is 13.0. The van der Waals surface area contributed by atoms with Crippen LogP contribution in [-0.2, 0) is 16.4 Å². The Morgan fingerprint density at radius 2 is 1.65 bits per heavy atom. The van der Waals surface area contributed by atoms with Gasteiger partial charge in [-0.05, 0) is 77.8 Å². The molecule has 0 aromatic heterocycles. The molecule has 164 valence electrons. The molecule has 1 aromatic carbocycles. The van der Waals surface area contributed by atoms with E-state index in [-0.39, 0.29) is 17.0 Å². The molecular formula is C24H26FNO4S. The number of unbranched alkanes of at least 4 members (excludes halogenated alkanes) is 1. The van der Waals surface area contributed by atoms with Crippen LogP contribution in [-0.4, -0.2) is 26.0 Å². The number of hydrogen-bond acceptors (Lipinski definition) is 3. The molecule has 0 saturated carbocycles. The Bertz CT molecular complexity index is 1140. The van der Waals surface area contributed by atoms with E-state index >= 15 is 0 Å². The molecule has 0 aliphatic heterocycles. The lowest BCUT2D eigenvalue weighted by molar-refractivity contribution is 0.0698. The van der Waals surface area contributed by atoms with Crippen molar-refractivity contribution in [2.45, 2.75) is 43.9 Å². The standard InChI is InChI=1S/C24H26FNO4S/c1-16(2)17-6-12-21-18(15-23(24(27)28)22(21)13-7-17)5-3-4-14-26-31(29,30)20-10-8-19(25)9-11-20/h6-13,15-16,26H,3-5,14H2,1-2H3,(H,27,28). The number of carboxylic acid groups (broad SMARTS) is 1. The molecule has 31 heavy (non-hydrogen) atoms. The molecule has 3 rings (SSSR count). The van der Waals surface area contributed by atoms with Crippen molar-refractivity contribution in [3.8, 4) is 11.1 Å². The van der Waals surface area contributed by atoms with Crippen molar-refractivity contribution in [3.63, 3.8) is 0 Å². The van der Waals surface area contributed by atoms with E-state index in [1.807, 2.05) is 24.3 Å². The van der Waals surface area contributed by atoms with E-state index in [4.69, 9.17) is 0 Å². The van der Waals surface area contributed by atoms with E-state index < -0.39 is 21.8 Å². The second-order valence-electron chi connectivity index (χ2n) is 7.85. The van der Waals surface area contributed by atoms with Crippen molar-refractivity contribution in [2.24, 2.45) is 0 Å². The molecule has 0 amide bonds. The number of rotatable bonds is 9. The number of hydrogen-bond donors (Lipinski definition) is 2. The van der Waals surface area contributed by atoms with Gasteiger partial charge in [0, 0.05) is 6.54 Å². The first-order chi connectivity index (χ1) is 14.7. The van der Waals surface area contributed by atoms with Crippen LogP contribution in [0.1, 0.15) is 54.1 Å². The van der Waals surface area contributed by atoms with Gasteiger partial charge in [-0.3, -0.25) is 0 Å². The van der Waals surface area contributed by atoms with Crippen LogP contribution in [0.4, 0.5) is 4.39 Å². The summed E-state index contributed by atoms with van der Waals surface area (Å²) in [6, 6.07) is 14.2. The molecule has 0 bridgehead atoms. The number of carboxylic acids is 1. The molecule has 2 aliphatic carbocycles. The normalized spacial score (nSPS) is 11.9. The topological polar surface area (TPSA) is 83.5 Å². The Hall–Kier alpha value is -2.77. The number of sulfonamides is 1. The first kappa shape index (κ1) is 22.9. The van der Waals surface area contributed by atoms with Gasteiger partial charge in [-0.25, -0.2) is 22.3 Å². The second kappa shape index (κ2) is 9.58. The van der Waals surface area contributed by atoms with E-state index in [0.717, 1.165) is 28.8 Å². The fourth-order valence-electron chi connectivity index (χ4n) is 3.55. The van der Waals surface area contributed by atoms with Gasteiger partial charge in [0.1, 0.15) is 5.82 Å². The molecule has 0 fully saturated rings. The summed E-state index contributed by atoms with van der Waals surface area (Å²) in [7, 11) is -3.68. The fourth-order valence-corrected chi connectivity index (χ4v) is 4.63. The minimum atomic E-state index is -3.68. The number of halogens is 1. The quantitative estimate of drug-likeness (QED) is 0.453. The van der Waals surface area contributed by atoms with Crippen LogP contribution in [0, 0.1) is 5.82 Å². The predicted molar refractivity (Wildman–Crippen MR) is 119 cm³/mol. The molecule has 0 spiro atoms. The number of aryl methyl sites for hydroxylation is 1. The van der Waals surface area contributed by atoms with Crippen molar-refractivity contribution in [1.29, 1.82) is 0 Å². The van der Waals surface area contributed by atoms with Gasteiger partial charge in [0.05, 0.1) is 10.5 Å². The lowest BCUT2D eigenvalue weighted by Gasteiger charge is -2.07. The van der Waals surface area contributed by atoms with Crippen molar-refractivity contribution in [1.82, 2.24) is 4.72 Å². The summed E-state index contributed by atoms with van der Waals surface area (Å²) in [5.74, 6) is -1.11. The zero-order valence-electron chi connectivity index (χ0n) is 17.6. The first-order valence-corrected chi connectivity index (χ1v) is 11.7. The molecule has 0 radical (unpaired) electrons. The summed E-state index contributed by atoms with van der Waals surface area (Å²) in [6.45, 7) is 4.42. The van der Waals surface area contributed by atoms with E-state index in [9.17, 15) is 22.7 Å². The molecule has 2 N–H and O–H groups in total. The lowest BCUT2D eigenvalue weighted by atomic mass is 10.0. The SMILES string of the molecule is CC(C)c1ccc2c(CCCCNS(=O)(=O)c3ccc(F)cc3)cc(C(=O)O)c-2cc1. The zero-order chi connectivity index (χ0) is 22.6. The van der Waals surface area contributed by atoms with Gasteiger partial charge in [0.25, 0.3) is 0 Å². The van der Waals surface area contributed by atoms with Gasteiger partial charge in [0.15, 0.2) is 0 Å². The molecule has 2 aliphatic rings. The molecule has 0 saturated heterocycles. The lowest BCUT2D eigenvalue weighted by Crippen LogP contribution is -2.24. The van der Waals surface area contributed by atoms with E-state index in [1.165, 1.54) is 12.1 Å². The smallest absolute Gasteiger partial charge is 0.336 e. The van der Waals surface area contributed by atoms with Crippen molar-refractivity contribution >= 4 is 16.0 Å². The monoisotopic (exact) mass is 443 g/mol. The number of benzene rings is 1. The summed E-state index contributed by atoms with van der Waals surface area (Å²) >= 11 is 0. The Morgan fingerprint density at radius 1 is 1.00 bits per heavy atom. The molecule has 1 aromatic rings. The van der Waals surface area contributed by atoms with Gasteiger partial charge >= 0.3 is 5.97 Å². The molecule has 5 nitrogen and oxygen atoms in total. The molecule has 0 unspecified atom stereocenters. The van der Waals surface area contributed by atoms with Gasteiger partial charge in [-0.15, -0.1) is 0 Å². The number of aromatic carboxylic acids is 1. The van der Waals surface area contributed by atoms with Crippen LogP contribution in [0.2, 0.25) is 0 Å². The van der Waals surface area contributed by atoms with Crippen molar-refractivity contribution in [3.05, 3.63) is 77.1 Å². The van der Waals surface area contributed by atoms with E-state index in [1.54, 1.807) is 6.07 Å². The third kappa shape index (κ3) is 5.48. The Morgan fingerprint density at radius 3 is 2.26 bits per heavy atom. The largest absolute Gasteiger partial charge is 0.478 e. The number of carbonyl (C=O) groups is 1. The molecule has 7 heteroatoms. The average molecular weight is 444 g/mol. The third-order valence-electron chi connectivity index (χ3n) is 5.32. The number of fused-ring (bicyclic) bond motifs is 1. The van der Waals surface area contributed by atoms with Crippen molar-refractivity contribution in [2.75, 3.05) is 6.54 Å². The highest BCUT2D eigenvalue weighted by Gasteiger charge is 2.19. The Balaban J connectivity index is 1.66. The highest BCUT2D eigenvalue weighted by atomic mass is 32.2. The van der Waals surface area contributed by atoms with Crippen LogP contribution in [0.3, 0.4) is 0 Å². The minimum Gasteiger partial charge on any atom is -0.478 e. The van der Waals surface area contributed by atoms with Gasteiger partial charge < -0.3 is 5.11 Å². The minimum absolute atomic E-state index is 0.0236. The predicted octanol–water partition coefficient (Wildman–Crippen LogP) is 5.05. The van der Waals surface area contributed by atoms with Gasteiger partial charge in [-0.2, -0.15) is 0 Å². The highest BCUT2D eigenvalue weighted by Crippen LogP contribution is 2.34. The van der Waals surface area contributed by atoms with Gasteiger partial charge in [0.2, 0.25) is 10.0 Å². The summed E-state index contributed by atoms with van der Waals surface area (Å²) < 4.78 is 40.0. The van der Waals surface area contributed by atoms with Crippen LogP contribution in [0.5, 0.6) is 0 Å². The third-order valence-corrected chi connectivity index (χ3v) is 6.79. The summed E-state index contributed by atoms with van der Waals surface area (Å²) in [4.78, 5) is 11.7. The Kier molecular flexibility index (Phi) is 7.08. The van der Waals surface area contributed by atoms with Gasteiger partial charge in [-0.1, -0.05) is 38.1 Å². The van der Waals surface area contributed by atoms with E-state index in [2.05, 4.69) is 18.6 Å². The fraction of sp³-hybridized carbons (Fsp3) is 0.292. The summed E-state index contributed by atoms with van der Waals surface area (Å²) in [5.41, 5.74) is 3.99. The van der Waals surface area contributed by atoms with Crippen molar-refractivity contribution < 1.29 is 22.7 Å². The molecular weight excluding hydrogens is 417 g/mol. The van der Waals surface area contributed by atoms with Crippen LogP contribution >= 0.6 is 0 Å². The van der Waals surface area contributed by atoms with Crippen LogP contribution in [0.15, 0.2) is 59.5 Å².